The molecule has 0 fully saturated rings. The molecule has 122 valence electrons. The number of carboxylic acids is 1. The van der Waals surface area contributed by atoms with E-state index in [-0.39, 0.29) is 22.9 Å². The average molecular weight is 364 g/mol. The molecule has 0 saturated carbocycles. The van der Waals surface area contributed by atoms with Crippen LogP contribution in [0.1, 0.15) is 16.1 Å². The Balaban J connectivity index is 1.88. The highest BCUT2D eigenvalue weighted by molar-refractivity contribution is 7.13. The SMILES string of the molecule is O=C(O)c1csc(-c2ccccc2OCc2c(F)cccc2Cl)n1. The first-order valence-corrected chi connectivity index (χ1v) is 8.16. The molecule has 2 aromatic carbocycles. The van der Waals surface area contributed by atoms with E-state index in [1.807, 2.05) is 0 Å². The van der Waals surface area contributed by atoms with Crippen molar-refractivity contribution in [3.05, 3.63) is 69.9 Å². The fraction of sp³-hybridized carbons (Fsp3) is 0.0588. The molecular formula is C17H11ClFNO3S. The number of hydrogen-bond donors (Lipinski definition) is 1. The molecule has 0 atom stereocenters. The van der Waals surface area contributed by atoms with Gasteiger partial charge in [0.05, 0.1) is 10.6 Å². The molecular weight excluding hydrogens is 353 g/mol. The number of rotatable bonds is 5. The highest BCUT2D eigenvalue weighted by Crippen LogP contribution is 2.33. The number of carbonyl (C=O) groups is 1. The van der Waals surface area contributed by atoms with Gasteiger partial charge in [-0.3, -0.25) is 0 Å². The van der Waals surface area contributed by atoms with E-state index in [0.29, 0.717) is 16.3 Å². The minimum Gasteiger partial charge on any atom is -0.488 e. The highest BCUT2D eigenvalue weighted by atomic mass is 35.5. The van der Waals surface area contributed by atoms with E-state index in [0.717, 1.165) is 0 Å². The molecule has 3 rings (SSSR count). The third-order valence-corrected chi connectivity index (χ3v) is 4.50. The summed E-state index contributed by atoms with van der Waals surface area (Å²) >= 11 is 7.20. The maximum Gasteiger partial charge on any atom is 0.355 e. The fourth-order valence-electron chi connectivity index (χ4n) is 2.09. The van der Waals surface area contributed by atoms with Crippen molar-refractivity contribution in [2.24, 2.45) is 0 Å². The summed E-state index contributed by atoms with van der Waals surface area (Å²) in [4.78, 5) is 15.0. The number of aromatic carboxylic acids is 1. The Kier molecular flexibility index (Phi) is 4.78. The van der Waals surface area contributed by atoms with Gasteiger partial charge in [0.25, 0.3) is 0 Å². The highest BCUT2D eigenvalue weighted by Gasteiger charge is 2.15. The minimum absolute atomic E-state index is 0.0260. The maximum atomic E-state index is 13.8. The summed E-state index contributed by atoms with van der Waals surface area (Å²) in [6, 6.07) is 11.5. The van der Waals surface area contributed by atoms with Crippen LogP contribution in [-0.2, 0) is 6.61 Å². The van der Waals surface area contributed by atoms with Gasteiger partial charge in [-0.05, 0) is 24.3 Å². The van der Waals surface area contributed by atoms with Gasteiger partial charge in [0, 0.05) is 10.9 Å². The van der Waals surface area contributed by atoms with Gasteiger partial charge < -0.3 is 9.84 Å². The van der Waals surface area contributed by atoms with Crippen molar-refractivity contribution in [2.45, 2.75) is 6.61 Å². The Labute approximate surface area is 146 Å². The molecule has 0 unspecified atom stereocenters. The van der Waals surface area contributed by atoms with Crippen molar-refractivity contribution in [3.63, 3.8) is 0 Å². The van der Waals surface area contributed by atoms with E-state index in [4.69, 9.17) is 21.4 Å². The molecule has 0 aliphatic carbocycles. The molecule has 3 aromatic rings. The lowest BCUT2D eigenvalue weighted by Gasteiger charge is -2.11. The van der Waals surface area contributed by atoms with Gasteiger partial charge in [-0.1, -0.05) is 29.8 Å². The van der Waals surface area contributed by atoms with Crippen LogP contribution in [0.3, 0.4) is 0 Å². The fourth-order valence-corrected chi connectivity index (χ4v) is 3.13. The second-order valence-corrected chi connectivity index (χ2v) is 6.09. The van der Waals surface area contributed by atoms with Crippen LogP contribution in [0.2, 0.25) is 5.02 Å². The van der Waals surface area contributed by atoms with Gasteiger partial charge in [0.2, 0.25) is 0 Å². The Morgan fingerprint density at radius 3 is 2.75 bits per heavy atom. The van der Waals surface area contributed by atoms with Crippen molar-refractivity contribution >= 4 is 28.9 Å². The number of para-hydroxylation sites is 1. The summed E-state index contributed by atoms with van der Waals surface area (Å²) < 4.78 is 19.5. The van der Waals surface area contributed by atoms with Crippen LogP contribution in [0, 0.1) is 5.82 Å². The molecule has 0 bridgehead atoms. The molecule has 0 aliphatic heterocycles. The van der Waals surface area contributed by atoms with Crippen molar-refractivity contribution in [1.29, 1.82) is 0 Å². The molecule has 0 saturated heterocycles. The summed E-state index contributed by atoms with van der Waals surface area (Å²) in [6.07, 6.45) is 0. The largest absolute Gasteiger partial charge is 0.488 e. The number of nitrogens with zero attached hydrogens (tertiary/aromatic N) is 1. The Bertz CT molecular complexity index is 877. The smallest absolute Gasteiger partial charge is 0.355 e. The predicted molar refractivity (Wildman–Crippen MR) is 90.3 cm³/mol. The standard InChI is InChI=1S/C17H11ClFNO3S/c18-12-5-3-6-13(19)11(12)8-23-15-7-2-1-4-10(15)16-20-14(9-24-16)17(21)22/h1-7,9H,8H2,(H,21,22). The van der Waals surface area contributed by atoms with Crippen LogP contribution in [0.4, 0.5) is 4.39 Å². The molecule has 0 amide bonds. The monoisotopic (exact) mass is 363 g/mol. The van der Waals surface area contributed by atoms with E-state index in [9.17, 15) is 9.18 Å². The lowest BCUT2D eigenvalue weighted by molar-refractivity contribution is 0.0691. The van der Waals surface area contributed by atoms with E-state index < -0.39 is 11.8 Å². The van der Waals surface area contributed by atoms with Gasteiger partial charge in [-0.15, -0.1) is 11.3 Å². The number of carboxylic acid groups (broad SMARTS) is 1. The van der Waals surface area contributed by atoms with Crippen LogP contribution in [0.5, 0.6) is 5.75 Å². The number of aromatic nitrogens is 1. The molecule has 0 radical (unpaired) electrons. The number of hydrogen-bond acceptors (Lipinski definition) is 4. The summed E-state index contributed by atoms with van der Waals surface area (Å²) in [5.41, 5.74) is 0.878. The zero-order valence-electron chi connectivity index (χ0n) is 12.2. The van der Waals surface area contributed by atoms with E-state index >= 15 is 0 Å². The van der Waals surface area contributed by atoms with Gasteiger partial charge in [-0.25, -0.2) is 14.2 Å². The van der Waals surface area contributed by atoms with Gasteiger partial charge in [0.1, 0.15) is 23.2 Å². The number of halogens is 2. The second-order valence-electron chi connectivity index (χ2n) is 4.83. The quantitative estimate of drug-likeness (QED) is 0.701. The van der Waals surface area contributed by atoms with Gasteiger partial charge >= 0.3 is 5.97 Å². The third-order valence-electron chi connectivity index (χ3n) is 3.27. The minimum atomic E-state index is -1.09. The van der Waals surface area contributed by atoms with Crippen molar-refractivity contribution in [1.82, 2.24) is 4.98 Å². The maximum absolute atomic E-state index is 13.8. The molecule has 1 N–H and O–H groups in total. The van der Waals surface area contributed by atoms with Crippen LogP contribution in [0.25, 0.3) is 10.6 Å². The zero-order chi connectivity index (χ0) is 17.1. The summed E-state index contributed by atoms with van der Waals surface area (Å²) in [5, 5.41) is 11.2. The predicted octanol–water partition coefficient (Wildman–Crippen LogP) is 4.88. The normalized spacial score (nSPS) is 10.6. The Morgan fingerprint density at radius 1 is 1.25 bits per heavy atom. The molecule has 7 heteroatoms. The van der Waals surface area contributed by atoms with E-state index in [1.165, 1.54) is 28.8 Å². The third kappa shape index (κ3) is 3.39. The number of ether oxygens (including phenoxy) is 1. The Morgan fingerprint density at radius 2 is 2.04 bits per heavy atom. The first-order chi connectivity index (χ1) is 11.6. The van der Waals surface area contributed by atoms with Crippen molar-refractivity contribution in [3.8, 4) is 16.3 Å². The van der Waals surface area contributed by atoms with Crippen molar-refractivity contribution < 1.29 is 19.0 Å². The molecule has 1 heterocycles. The van der Waals surface area contributed by atoms with Crippen molar-refractivity contribution in [2.75, 3.05) is 0 Å². The van der Waals surface area contributed by atoms with E-state index in [2.05, 4.69) is 4.98 Å². The number of benzene rings is 2. The van der Waals surface area contributed by atoms with Gasteiger partial charge in [0.15, 0.2) is 5.69 Å². The van der Waals surface area contributed by atoms with Crippen LogP contribution < -0.4 is 4.74 Å². The van der Waals surface area contributed by atoms with Crippen LogP contribution >= 0.6 is 22.9 Å². The molecule has 0 aliphatic rings. The summed E-state index contributed by atoms with van der Waals surface area (Å²) in [5.74, 6) is -1.06. The average Bonchev–Trinajstić information content (AvgIpc) is 3.05. The lowest BCUT2D eigenvalue weighted by atomic mass is 10.2. The topological polar surface area (TPSA) is 59.4 Å². The zero-order valence-corrected chi connectivity index (χ0v) is 13.8. The first kappa shape index (κ1) is 16.4. The first-order valence-electron chi connectivity index (χ1n) is 6.90. The molecule has 24 heavy (non-hydrogen) atoms. The lowest BCUT2D eigenvalue weighted by Crippen LogP contribution is -2.01. The van der Waals surface area contributed by atoms with E-state index in [1.54, 1.807) is 30.3 Å². The Hall–Kier alpha value is -2.44. The molecule has 4 nitrogen and oxygen atoms in total. The summed E-state index contributed by atoms with van der Waals surface area (Å²) in [6.45, 7) is -0.0420. The van der Waals surface area contributed by atoms with Crippen LogP contribution in [-0.4, -0.2) is 16.1 Å². The summed E-state index contributed by atoms with van der Waals surface area (Å²) in [7, 11) is 0. The second kappa shape index (κ2) is 6.98. The van der Waals surface area contributed by atoms with Crippen LogP contribution in [0.15, 0.2) is 47.8 Å². The number of thiazole rings is 1. The van der Waals surface area contributed by atoms with Gasteiger partial charge in [-0.2, -0.15) is 0 Å². The molecule has 0 spiro atoms. The molecule has 1 aromatic heterocycles.